The summed E-state index contributed by atoms with van der Waals surface area (Å²) in [6.07, 6.45) is 0. The van der Waals surface area contributed by atoms with Crippen molar-refractivity contribution in [3.05, 3.63) is 73.5 Å². The summed E-state index contributed by atoms with van der Waals surface area (Å²) < 4.78 is 6.34. The Balaban J connectivity index is 1.74. The monoisotopic (exact) mass is 470 g/mol. The second-order valence-corrected chi connectivity index (χ2v) is 8.73. The van der Waals surface area contributed by atoms with E-state index in [0.29, 0.717) is 43.4 Å². The normalized spacial score (nSPS) is 11.4. The molecule has 2 aromatic heterocycles. The molecule has 2 aromatic carbocycles. The summed E-state index contributed by atoms with van der Waals surface area (Å²) in [6.45, 7) is 3.80. The van der Waals surface area contributed by atoms with E-state index in [-0.39, 0.29) is 22.9 Å². The zero-order chi connectivity index (χ0) is 23.0. The Morgan fingerprint density at radius 1 is 1.12 bits per heavy atom. The highest BCUT2D eigenvalue weighted by atomic mass is 35.5. The number of hydrogen-bond acceptors (Lipinski definition) is 7. The summed E-state index contributed by atoms with van der Waals surface area (Å²) in [5.41, 5.74) is 0.711. The molecule has 4 rings (SSSR count). The number of ether oxygens (including phenoxy) is 1. The number of halogens is 1. The lowest BCUT2D eigenvalue weighted by Gasteiger charge is -2.16. The van der Waals surface area contributed by atoms with E-state index < -0.39 is 5.97 Å². The van der Waals surface area contributed by atoms with Gasteiger partial charge in [0.15, 0.2) is 5.16 Å². The van der Waals surface area contributed by atoms with Crippen molar-refractivity contribution in [3.8, 4) is 0 Å². The molecule has 0 atom stereocenters. The van der Waals surface area contributed by atoms with E-state index in [2.05, 4.69) is 15.0 Å². The third kappa shape index (κ3) is 4.13. The van der Waals surface area contributed by atoms with Gasteiger partial charge in [0.25, 0.3) is 11.1 Å². The van der Waals surface area contributed by atoms with Crippen LogP contribution in [0.5, 0.6) is 0 Å². The molecule has 0 spiro atoms. The van der Waals surface area contributed by atoms with Crippen LogP contribution in [0.4, 0.5) is 0 Å². The van der Waals surface area contributed by atoms with Crippen LogP contribution in [0.2, 0.25) is 5.02 Å². The number of fused-ring (bicyclic) bond motifs is 2. The maximum Gasteiger partial charge on any atom is 0.337 e. The van der Waals surface area contributed by atoms with Crippen molar-refractivity contribution in [1.29, 1.82) is 0 Å². The van der Waals surface area contributed by atoms with Gasteiger partial charge in [0.05, 0.1) is 40.2 Å². The molecule has 0 saturated heterocycles. The molecular formula is C22H19ClN4O4S. The molecule has 0 aliphatic carbocycles. The number of nitrogens with zero attached hydrogens (tertiary/aromatic N) is 3. The molecule has 0 unspecified atom stereocenters. The zero-order valence-corrected chi connectivity index (χ0v) is 19.1. The Morgan fingerprint density at radius 3 is 2.56 bits per heavy atom. The predicted molar refractivity (Wildman–Crippen MR) is 125 cm³/mol. The summed E-state index contributed by atoms with van der Waals surface area (Å²) in [7, 11) is 1.29. The predicted octanol–water partition coefficient (Wildman–Crippen LogP) is 3.95. The number of benzene rings is 2. The minimum absolute atomic E-state index is 0.121. The van der Waals surface area contributed by atoms with Crippen LogP contribution in [-0.4, -0.2) is 32.6 Å². The molecule has 1 N–H and O–H groups in total. The maximum absolute atomic E-state index is 13.0. The van der Waals surface area contributed by atoms with Gasteiger partial charge in [0.2, 0.25) is 0 Å². The molecule has 0 radical (unpaired) electrons. The number of aromatic amines is 1. The van der Waals surface area contributed by atoms with Gasteiger partial charge in [-0.15, -0.1) is 0 Å². The van der Waals surface area contributed by atoms with Gasteiger partial charge in [-0.05, 0) is 50.2 Å². The fourth-order valence-electron chi connectivity index (χ4n) is 3.34. The number of aromatic nitrogens is 4. The SMILES string of the molecule is COC(=O)c1ccc2c(=O)[nH]c(CSc3nc4cc(Cl)ccc4c(=O)n3C(C)C)nc2c1. The lowest BCUT2D eigenvalue weighted by molar-refractivity contribution is 0.0601. The summed E-state index contributed by atoms with van der Waals surface area (Å²) in [5.74, 6) is 0.147. The number of thioether (sulfide) groups is 1. The number of carbonyl (C=O) groups excluding carboxylic acids is 1. The van der Waals surface area contributed by atoms with E-state index in [1.165, 1.54) is 37.1 Å². The van der Waals surface area contributed by atoms with Crippen molar-refractivity contribution < 1.29 is 9.53 Å². The number of nitrogens with one attached hydrogen (secondary N) is 1. The van der Waals surface area contributed by atoms with Crippen LogP contribution in [-0.2, 0) is 10.5 Å². The molecule has 164 valence electrons. The Labute approximate surface area is 191 Å². The smallest absolute Gasteiger partial charge is 0.337 e. The molecule has 0 aliphatic rings. The molecule has 8 nitrogen and oxygen atoms in total. The highest BCUT2D eigenvalue weighted by molar-refractivity contribution is 7.98. The molecule has 0 bridgehead atoms. The Bertz CT molecular complexity index is 1480. The highest BCUT2D eigenvalue weighted by Crippen LogP contribution is 2.25. The van der Waals surface area contributed by atoms with E-state index in [1.54, 1.807) is 22.8 Å². The van der Waals surface area contributed by atoms with E-state index in [1.807, 2.05) is 13.8 Å². The van der Waals surface area contributed by atoms with Crippen molar-refractivity contribution in [2.24, 2.45) is 0 Å². The Morgan fingerprint density at radius 2 is 1.84 bits per heavy atom. The van der Waals surface area contributed by atoms with Gasteiger partial charge < -0.3 is 9.72 Å². The largest absolute Gasteiger partial charge is 0.465 e. The molecule has 0 saturated carbocycles. The molecule has 32 heavy (non-hydrogen) atoms. The minimum atomic E-state index is -0.509. The van der Waals surface area contributed by atoms with Crippen LogP contribution < -0.4 is 11.1 Å². The van der Waals surface area contributed by atoms with Crippen LogP contribution >= 0.6 is 23.4 Å². The van der Waals surface area contributed by atoms with Gasteiger partial charge in [-0.2, -0.15) is 0 Å². The third-order valence-electron chi connectivity index (χ3n) is 4.86. The molecule has 2 heterocycles. The lowest BCUT2D eigenvalue weighted by atomic mass is 10.1. The van der Waals surface area contributed by atoms with Gasteiger partial charge in [-0.3, -0.25) is 14.2 Å². The van der Waals surface area contributed by atoms with Gasteiger partial charge in [-0.25, -0.2) is 14.8 Å². The van der Waals surface area contributed by atoms with Crippen molar-refractivity contribution in [2.45, 2.75) is 30.8 Å². The highest BCUT2D eigenvalue weighted by Gasteiger charge is 2.16. The van der Waals surface area contributed by atoms with E-state index >= 15 is 0 Å². The van der Waals surface area contributed by atoms with Crippen LogP contribution in [0.15, 0.2) is 51.1 Å². The maximum atomic E-state index is 13.0. The van der Waals surface area contributed by atoms with Crippen LogP contribution in [0.25, 0.3) is 21.8 Å². The van der Waals surface area contributed by atoms with E-state index in [9.17, 15) is 14.4 Å². The standard InChI is InChI=1S/C22H19ClN4O4S/c1-11(2)27-20(29)15-7-5-13(23)9-17(15)25-22(27)32-10-18-24-16-8-12(21(30)31-3)4-6-14(16)19(28)26-18/h4-9,11H,10H2,1-3H3,(H,24,26,28). The Hall–Kier alpha value is -3.17. The van der Waals surface area contributed by atoms with Crippen LogP contribution in [0.1, 0.15) is 36.1 Å². The molecule has 0 fully saturated rings. The second-order valence-electron chi connectivity index (χ2n) is 7.35. The summed E-state index contributed by atoms with van der Waals surface area (Å²) in [5, 5.41) is 1.83. The van der Waals surface area contributed by atoms with Crippen molar-refractivity contribution in [3.63, 3.8) is 0 Å². The van der Waals surface area contributed by atoms with Crippen molar-refractivity contribution in [1.82, 2.24) is 19.5 Å². The molecule has 0 aliphatic heterocycles. The number of hydrogen-bond donors (Lipinski definition) is 1. The topological polar surface area (TPSA) is 107 Å². The van der Waals surface area contributed by atoms with Crippen LogP contribution in [0.3, 0.4) is 0 Å². The third-order valence-corrected chi connectivity index (χ3v) is 6.06. The number of carbonyl (C=O) groups is 1. The van der Waals surface area contributed by atoms with Crippen molar-refractivity contribution >= 4 is 51.1 Å². The number of esters is 1. The summed E-state index contributed by atoms with van der Waals surface area (Å²) in [6, 6.07) is 9.44. The first-order valence-corrected chi connectivity index (χ1v) is 11.1. The first-order chi connectivity index (χ1) is 15.3. The number of rotatable bonds is 5. The summed E-state index contributed by atoms with van der Waals surface area (Å²) >= 11 is 7.36. The lowest BCUT2D eigenvalue weighted by Crippen LogP contribution is -2.25. The fraction of sp³-hybridized carbons (Fsp3) is 0.227. The first-order valence-electron chi connectivity index (χ1n) is 9.74. The number of methoxy groups -OCH3 is 1. The van der Waals surface area contributed by atoms with Gasteiger partial charge in [0, 0.05) is 11.1 Å². The van der Waals surface area contributed by atoms with Crippen LogP contribution in [0, 0.1) is 0 Å². The molecular weight excluding hydrogens is 452 g/mol. The molecule has 0 amide bonds. The average Bonchev–Trinajstić information content (AvgIpc) is 2.76. The zero-order valence-electron chi connectivity index (χ0n) is 17.5. The fourth-order valence-corrected chi connectivity index (χ4v) is 4.51. The average molecular weight is 471 g/mol. The summed E-state index contributed by atoms with van der Waals surface area (Å²) in [4.78, 5) is 49.2. The first kappa shape index (κ1) is 22.0. The Kier molecular flexibility index (Phi) is 6.03. The minimum Gasteiger partial charge on any atom is -0.465 e. The van der Waals surface area contributed by atoms with E-state index in [4.69, 9.17) is 16.3 Å². The quantitative estimate of drug-likeness (QED) is 0.267. The van der Waals surface area contributed by atoms with E-state index in [0.717, 1.165) is 0 Å². The van der Waals surface area contributed by atoms with Gasteiger partial charge in [0.1, 0.15) is 5.82 Å². The number of H-pyrrole nitrogens is 1. The van der Waals surface area contributed by atoms with Crippen molar-refractivity contribution in [2.75, 3.05) is 7.11 Å². The van der Waals surface area contributed by atoms with Gasteiger partial charge in [-0.1, -0.05) is 23.4 Å². The molecule has 10 heteroatoms. The van der Waals surface area contributed by atoms with Gasteiger partial charge >= 0.3 is 5.97 Å². The second kappa shape index (κ2) is 8.76. The molecule has 4 aromatic rings.